The van der Waals surface area contributed by atoms with Crippen LogP contribution in [0.4, 0.5) is 5.69 Å². The lowest BCUT2D eigenvalue weighted by molar-refractivity contribution is 0.353. The number of aryl methyl sites for hydroxylation is 1. The molecule has 14 heavy (non-hydrogen) atoms. The zero-order chi connectivity index (χ0) is 9.97. The Bertz CT molecular complexity index is 318. The first-order valence-electron chi connectivity index (χ1n) is 5.24. The molecule has 1 aliphatic rings. The Kier molecular flexibility index (Phi) is 3.02. The first-order valence-corrected chi connectivity index (χ1v) is 6.23. The second-order valence-electron chi connectivity index (χ2n) is 4.13. The lowest BCUT2D eigenvalue weighted by Gasteiger charge is -2.24. The summed E-state index contributed by atoms with van der Waals surface area (Å²) in [5.74, 6) is 2.23. The van der Waals surface area contributed by atoms with Crippen LogP contribution in [0, 0.1) is 12.8 Å². The van der Waals surface area contributed by atoms with Crippen molar-refractivity contribution in [3.05, 3.63) is 23.8 Å². The molecule has 1 nitrogen and oxygen atoms in total. The number of anilines is 1. The Morgan fingerprint density at radius 2 is 2.21 bits per heavy atom. The summed E-state index contributed by atoms with van der Waals surface area (Å²) in [7, 11) is 0. The molecule has 0 atom stereocenters. The Balaban J connectivity index is 1.96. The van der Waals surface area contributed by atoms with E-state index in [1.165, 1.54) is 35.5 Å². The van der Waals surface area contributed by atoms with Crippen molar-refractivity contribution < 1.29 is 0 Å². The maximum atomic E-state index is 5.77. The van der Waals surface area contributed by atoms with E-state index in [2.05, 4.69) is 19.1 Å². The monoisotopic (exact) mass is 207 g/mol. The van der Waals surface area contributed by atoms with Gasteiger partial charge in [-0.3, -0.25) is 0 Å². The Hall–Kier alpha value is -0.630. The van der Waals surface area contributed by atoms with Crippen molar-refractivity contribution in [1.29, 1.82) is 0 Å². The highest BCUT2D eigenvalue weighted by Crippen LogP contribution is 2.34. The van der Waals surface area contributed by atoms with Crippen molar-refractivity contribution in [2.45, 2.75) is 31.1 Å². The van der Waals surface area contributed by atoms with Gasteiger partial charge < -0.3 is 5.73 Å². The smallest absolute Gasteiger partial charge is 0.0325 e. The van der Waals surface area contributed by atoms with Crippen LogP contribution in [0.25, 0.3) is 0 Å². The minimum Gasteiger partial charge on any atom is -0.399 e. The quantitative estimate of drug-likeness (QED) is 0.606. The molecule has 76 valence electrons. The zero-order valence-corrected chi connectivity index (χ0v) is 9.44. The van der Waals surface area contributed by atoms with E-state index in [-0.39, 0.29) is 0 Å². The van der Waals surface area contributed by atoms with Crippen LogP contribution in [0.15, 0.2) is 23.1 Å². The minimum atomic E-state index is 0.881. The van der Waals surface area contributed by atoms with Gasteiger partial charge in [-0.05, 0) is 43.4 Å². The fourth-order valence-electron chi connectivity index (χ4n) is 1.64. The summed E-state index contributed by atoms with van der Waals surface area (Å²) in [6.07, 6.45) is 4.28. The molecule has 0 amide bonds. The second-order valence-corrected chi connectivity index (χ2v) is 5.19. The van der Waals surface area contributed by atoms with Crippen LogP contribution in [0.5, 0.6) is 0 Å². The van der Waals surface area contributed by atoms with Gasteiger partial charge in [-0.15, -0.1) is 11.8 Å². The van der Waals surface area contributed by atoms with Gasteiger partial charge in [-0.25, -0.2) is 0 Å². The fourth-order valence-corrected chi connectivity index (χ4v) is 2.90. The van der Waals surface area contributed by atoms with Crippen LogP contribution in [0.1, 0.15) is 24.8 Å². The minimum absolute atomic E-state index is 0.881. The Morgan fingerprint density at radius 3 is 2.86 bits per heavy atom. The number of benzene rings is 1. The van der Waals surface area contributed by atoms with Crippen LogP contribution in [0.3, 0.4) is 0 Å². The summed E-state index contributed by atoms with van der Waals surface area (Å²) >= 11 is 1.97. The summed E-state index contributed by atoms with van der Waals surface area (Å²) in [4.78, 5) is 1.36. The summed E-state index contributed by atoms with van der Waals surface area (Å²) in [6.45, 7) is 2.16. The lowest BCUT2D eigenvalue weighted by Crippen LogP contribution is -2.13. The third-order valence-electron chi connectivity index (χ3n) is 2.91. The number of nitrogen functional groups attached to an aromatic ring is 1. The third kappa shape index (κ3) is 2.24. The van der Waals surface area contributed by atoms with Gasteiger partial charge in [0, 0.05) is 16.3 Å². The molecule has 1 aromatic rings. The first kappa shape index (κ1) is 9.91. The summed E-state index contributed by atoms with van der Waals surface area (Å²) in [6, 6.07) is 6.18. The Labute approximate surface area is 90.1 Å². The first-order chi connectivity index (χ1) is 6.75. The zero-order valence-electron chi connectivity index (χ0n) is 8.62. The van der Waals surface area contributed by atoms with Crippen molar-refractivity contribution in [2.24, 2.45) is 5.92 Å². The summed E-state index contributed by atoms with van der Waals surface area (Å²) < 4.78 is 0. The molecular weight excluding hydrogens is 190 g/mol. The highest BCUT2D eigenvalue weighted by Gasteiger charge is 2.17. The van der Waals surface area contributed by atoms with E-state index in [9.17, 15) is 0 Å². The standard InChI is InChI=1S/C12H17NS/c1-9-5-6-11(13)7-12(9)14-8-10-3-2-4-10/h5-7,10H,2-4,8,13H2,1H3. The van der Waals surface area contributed by atoms with Crippen molar-refractivity contribution in [1.82, 2.24) is 0 Å². The molecule has 0 unspecified atom stereocenters. The van der Waals surface area contributed by atoms with Crippen LogP contribution in [0.2, 0.25) is 0 Å². The van der Waals surface area contributed by atoms with Gasteiger partial charge >= 0.3 is 0 Å². The molecule has 0 aromatic heterocycles. The molecule has 0 saturated heterocycles. The molecule has 0 bridgehead atoms. The predicted molar refractivity (Wildman–Crippen MR) is 63.7 cm³/mol. The number of hydrogen-bond acceptors (Lipinski definition) is 2. The van der Waals surface area contributed by atoms with Crippen molar-refractivity contribution in [3.63, 3.8) is 0 Å². The van der Waals surface area contributed by atoms with E-state index in [4.69, 9.17) is 5.73 Å². The van der Waals surface area contributed by atoms with E-state index in [0.29, 0.717) is 0 Å². The summed E-state index contributed by atoms with van der Waals surface area (Å²) in [5.41, 5.74) is 8.00. The van der Waals surface area contributed by atoms with Crippen molar-refractivity contribution >= 4 is 17.4 Å². The average molecular weight is 207 g/mol. The molecule has 0 radical (unpaired) electrons. The molecule has 1 saturated carbocycles. The number of rotatable bonds is 3. The van der Waals surface area contributed by atoms with Gasteiger partial charge in [-0.2, -0.15) is 0 Å². The molecule has 2 rings (SSSR count). The van der Waals surface area contributed by atoms with Crippen LogP contribution >= 0.6 is 11.8 Å². The predicted octanol–water partition coefficient (Wildman–Crippen LogP) is 3.47. The molecule has 2 heteroatoms. The highest BCUT2D eigenvalue weighted by molar-refractivity contribution is 7.99. The molecule has 2 N–H and O–H groups in total. The van der Waals surface area contributed by atoms with Gasteiger partial charge in [0.2, 0.25) is 0 Å². The number of nitrogens with two attached hydrogens (primary N) is 1. The van der Waals surface area contributed by atoms with Gasteiger partial charge in [0.1, 0.15) is 0 Å². The van der Waals surface area contributed by atoms with Gasteiger partial charge in [0.25, 0.3) is 0 Å². The topological polar surface area (TPSA) is 26.0 Å². The van der Waals surface area contributed by atoms with E-state index in [1.54, 1.807) is 0 Å². The van der Waals surface area contributed by atoms with Gasteiger partial charge in [0.05, 0.1) is 0 Å². The van der Waals surface area contributed by atoms with E-state index < -0.39 is 0 Å². The van der Waals surface area contributed by atoms with E-state index in [1.807, 2.05) is 17.8 Å². The normalized spacial score (nSPS) is 16.6. The van der Waals surface area contributed by atoms with Crippen molar-refractivity contribution in [2.75, 3.05) is 11.5 Å². The number of thioether (sulfide) groups is 1. The van der Waals surface area contributed by atoms with Gasteiger partial charge in [0.15, 0.2) is 0 Å². The fraction of sp³-hybridized carbons (Fsp3) is 0.500. The SMILES string of the molecule is Cc1ccc(N)cc1SCC1CCC1. The Morgan fingerprint density at radius 1 is 1.43 bits per heavy atom. The third-order valence-corrected chi connectivity index (χ3v) is 4.30. The average Bonchev–Trinajstić information content (AvgIpc) is 2.08. The largest absolute Gasteiger partial charge is 0.399 e. The number of hydrogen-bond donors (Lipinski definition) is 1. The lowest BCUT2D eigenvalue weighted by atomic mass is 9.87. The molecular formula is C12H17NS. The van der Waals surface area contributed by atoms with Gasteiger partial charge in [-0.1, -0.05) is 12.5 Å². The highest BCUT2D eigenvalue weighted by atomic mass is 32.2. The van der Waals surface area contributed by atoms with Crippen LogP contribution in [-0.4, -0.2) is 5.75 Å². The molecule has 1 fully saturated rings. The second kappa shape index (κ2) is 4.26. The molecule has 1 aliphatic carbocycles. The maximum absolute atomic E-state index is 5.77. The molecule has 0 spiro atoms. The summed E-state index contributed by atoms with van der Waals surface area (Å²) in [5, 5.41) is 0. The van der Waals surface area contributed by atoms with E-state index >= 15 is 0 Å². The van der Waals surface area contributed by atoms with Crippen LogP contribution in [-0.2, 0) is 0 Å². The van der Waals surface area contributed by atoms with Crippen LogP contribution < -0.4 is 5.73 Å². The molecule has 0 aliphatic heterocycles. The maximum Gasteiger partial charge on any atom is 0.0325 e. The molecule has 0 heterocycles. The van der Waals surface area contributed by atoms with Crippen molar-refractivity contribution in [3.8, 4) is 0 Å². The van der Waals surface area contributed by atoms with E-state index in [0.717, 1.165) is 11.6 Å². The molecule has 1 aromatic carbocycles.